The minimum absolute atomic E-state index is 0.554. The average molecular weight is 333 g/mol. The molecule has 0 aliphatic rings. The zero-order valence-corrected chi connectivity index (χ0v) is 16.5. The van der Waals surface area contributed by atoms with E-state index in [1.165, 1.54) is 44.3 Å². The highest BCUT2D eigenvalue weighted by molar-refractivity contribution is 5.94. The number of fused-ring (bicyclic) bond motifs is 1. The molecule has 0 radical (unpaired) electrons. The van der Waals surface area contributed by atoms with Crippen molar-refractivity contribution in [1.29, 1.82) is 0 Å². The smallest absolute Gasteiger partial charge is 0.200 e. The van der Waals surface area contributed by atoms with Crippen molar-refractivity contribution >= 4 is 10.8 Å². The van der Waals surface area contributed by atoms with Crippen LogP contribution in [0.3, 0.4) is 0 Å². The van der Waals surface area contributed by atoms with Gasteiger partial charge >= 0.3 is 0 Å². The Kier molecular flexibility index (Phi) is 4.94. The van der Waals surface area contributed by atoms with Crippen LogP contribution in [0.2, 0.25) is 0 Å². The summed E-state index contributed by atoms with van der Waals surface area (Å²) in [5, 5.41) is 2.67. The summed E-state index contributed by atoms with van der Waals surface area (Å²) in [5.41, 5.74) is 8.41. The fourth-order valence-electron chi connectivity index (χ4n) is 3.74. The normalized spacial score (nSPS) is 11.5. The molecule has 0 aliphatic carbocycles. The number of aryl methyl sites for hydroxylation is 3. The lowest BCUT2D eigenvalue weighted by Gasteiger charge is -2.14. The molecule has 0 spiro atoms. The number of rotatable bonds is 4. The quantitative estimate of drug-likeness (QED) is 0.525. The van der Waals surface area contributed by atoms with Crippen molar-refractivity contribution in [2.45, 2.75) is 53.4 Å². The Balaban J connectivity index is 2.34. The summed E-state index contributed by atoms with van der Waals surface area (Å²) >= 11 is 0. The van der Waals surface area contributed by atoms with Crippen molar-refractivity contribution in [1.82, 2.24) is 0 Å². The van der Waals surface area contributed by atoms with Gasteiger partial charge in [-0.05, 0) is 65.5 Å². The molecule has 0 amide bonds. The van der Waals surface area contributed by atoms with Crippen LogP contribution in [0.1, 0.15) is 55.9 Å². The minimum atomic E-state index is 0.554. The van der Waals surface area contributed by atoms with E-state index in [1.54, 1.807) is 0 Å². The summed E-state index contributed by atoms with van der Waals surface area (Å²) < 4.78 is 2.28. The number of hydrogen-bond donors (Lipinski definition) is 0. The lowest BCUT2D eigenvalue weighted by Crippen LogP contribution is -2.31. The fraction of sp³-hybridized carbons (Fsp3) is 0.375. The molecule has 0 unspecified atom stereocenters. The van der Waals surface area contributed by atoms with E-state index in [9.17, 15) is 0 Å². The van der Waals surface area contributed by atoms with E-state index in [2.05, 4.69) is 88.8 Å². The number of pyridine rings is 1. The third kappa shape index (κ3) is 3.20. The summed E-state index contributed by atoms with van der Waals surface area (Å²) in [6, 6.07) is 14.0. The van der Waals surface area contributed by atoms with Crippen LogP contribution in [0.5, 0.6) is 0 Å². The second kappa shape index (κ2) is 7.00. The Labute approximate surface area is 152 Å². The minimum Gasteiger partial charge on any atom is -0.200 e. The van der Waals surface area contributed by atoms with Crippen LogP contribution in [0, 0.1) is 6.92 Å². The molecule has 1 heteroatoms. The van der Waals surface area contributed by atoms with Crippen LogP contribution < -0.4 is 4.57 Å². The standard InChI is InChI=1S/C24H30N/c1-7-18-13-19(8-2)17(5)23(14-18)24-22-10-9-20(16(3)4)15-21(22)11-12-25(24)6/h9-16H,7-8H2,1-6H3/q+1. The average Bonchev–Trinajstić information content (AvgIpc) is 2.62. The van der Waals surface area contributed by atoms with Crippen LogP contribution in [-0.4, -0.2) is 0 Å². The first-order valence-electron chi connectivity index (χ1n) is 9.51. The molecule has 0 atom stereocenters. The molecule has 0 saturated carbocycles. The van der Waals surface area contributed by atoms with Crippen molar-refractivity contribution in [3.8, 4) is 11.3 Å². The van der Waals surface area contributed by atoms with E-state index < -0.39 is 0 Å². The number of aromatic nitrogens is 1. The monoisotopic (exact) mass is 332 g/mol. The van der Waals surface area contributed by atoms with E-state index in [1.807, 2.05) is 0 Å². The first kappa shape index (κ1) is 17.7. The molecule has 0 bridgehead atoms. The number of hydrogen-bond acceptors (Lipinski definition) is 0. The van der Waals surface area contributed by atoms with Crippen LogP contribution >= 0.6 is 0 Å². The molecule has 1 aromatic heterocycles. The predicted molar refractivity (Wildman–Crippen MR) is 108 cm³/mol. The zero-order chi connectivity index (χ0) is 18.1. The first-order valence-corrected chi connectivity index (χ1v) is 9.51. The van der Waals surface area contributed by atoms with Crippen molar-refractivity contribution in [2.75, 3.05) is 0 Å². The summed E-state index contributed by atoms with van der Waals surface area (Å²) in [4.78, 5) is 0. The molecule has 1 nitrogen and oxygen atoms in total. The van der Waals surface area contributed by atoms with Gasteiger partial charge in [0, 0.05) is 6.07 Å². The lowest BCUT2D eigenvalue weighted by atomic mass is 9.91. The molecule has 0 N–H and O–H groups in total. The maximum Gasteiger partial charge on any atom is 0.220 e. The highest BCUT2D eigenvalue weighted by atomic mass is 14.9. The van der Waals surface area contributed by atoms with Gasteiger partial charge in [-0.15, -0.1) is 0 Å². The summed E-state index contributed by atoms with van der Waals surface area (Å²) in [6.07, 6.45) is 4.36. The van der Waals surface area contributed by atoms with Crippen LogP contribution in [0.15, 0.2) is 42.6 Å². The second-order valence-electron chi connectivity index (χ2n) is 7.41. The van der Waals surface area contributed by atoms with Crippen molar-refractivity contribution < 1.29 is 4.57 Å². The Morgan fingerprint density at radius 3 is 2.36 bits per heavy atom. The Hall–Kier alpha value is -2.15. The summed E-state index contributed by atoms with van der Waals surface area (Å²) in [5.74, 6) is 0.554. The van der Waals surface area contributed by atoms with E-state index in [4.69, 9.17) is 0 Å². The molecule has 3 rings (SSSR count). The molecule has 2 aromatic carbocycles. The van der Waals surface area contributed by atoms with Crippen LogP contribution in [-0.2, 0) is 19.9 Å². The third-order valence-electron chi connectivity index (χ3n) is 5.45. The van der Waals surface area contributed by atoms with Gasteiger partial charge < -0.3 is 0 Å². The van der Waals surface area contributed by atoms with Gasteiger partial charge in [0.2, 0.25) is 5.69 Å². The summed E-state index contributed by atoms with van der Waals surface area (Å²) in [7, 11) is 2.16. The third-order valence-corrected chi connectivity index (χ3v) is 5.45. The van der Waals surface area contributed by atoms with Crippen molar-refractivity contribution in [2.24, 2.45) is 7.05 Å². The van der Waals surface area contributed by atoms with Gasteiger partial charge in [0.05, 0.1) is 10.9 Å². The van der Waals surface area contributed by atoms with E-state index in [0.717, 1.165) is 12.8 Å². The molecule has 130 valence electrons. The van der Waals surface area contributed by atoms with Gasteiger partial charge in [-0.25, -0.2) is 4.57 Å². The summed E-state index contributed by atoms with van der Waals surface area (Å²) in [6.45, 7) is 11.3. The van der Waals surface area contributed by atoms with Gasteiger partial charge in [0.15, 0.2) is 6.20 Å². The van der Waals surface area contributed by atoms with Gasteiger partial charge in [-0.2, -0.15) is 0 Å². The highest BCUT2D eigenvalue weighted by Gasteiger charge is 2.19. The predicted octanol–water partition coefficient (Wildman–Crippen LogP) is 5.89. The lowest BCUT2D eigenvalue weighted by molar-refractivity contribution is -0.659. The fourth-order valence-corrected chi connectivity index (χ4v) is 3.74. The van der Waals surface area contributed by atoms with Gasteiger partial charge in [-0.1, -0.05) is 45.9 Å². The van der Waals surface area contributed by atoms with E-state index in [0.29, 0.717) is 5.92 Å². The van der Waals surface area contributed by atoms with Crippen LogP contribution in [0.25, 0.3) is 22.0 Å². The van der Waals surface area contributed by atoms with Gasteiger partial charge in [0.25, 0.3) is 0 Å². The topological polar surface area (TPSA) is 3.88 Å². The first-order chi connectivity index (χ1) is 12.0. The second-order valence-corrected chi connectivity index (χ2v) is 7.41. The molecule has 0 fully saturated rings. The zero-order valence-electron chi connectivity index (χ0n) is 16.5. The van der Waals surface area contributed by atoms with Gasteiger partial charge in [-0.3, -0.25) is 0 Å². The molecule has 0 aliphatic heterocycles. The molecular weight excluding hydrogens is 302 g/mol. The van der Waals surface area contributed by atoms with Crippen LogP contribution in [0.4, 0.5) is 0 Å². The molecule has 1 heterocycles. The highest BCUT2D eigenvalue weighted by Crippen LogP contribution is 2.32. The van der Waals surface area contributed by atoms with Crippen molar-refractivity contribution in [3.05, 3.63) is 64.8 Å². The SMILES string of the molecule is CCc1cc(CC)c(C)c(-c2c3ccc(C(C)C)cc3cc[n+]2C)c1. The molecule has 3 aromatic rings. The largest absolute Gasteiger partial charge is 0.220 e. The number of nitrogens with zero attached hydrogens (tertiary/aromatic N) is 1. The van der Waals surface area contributed by atoms with E-state index in [-0.39, 0.29) is 0 Å². The molecule has 25 heavy (non-hydrogen) atoms. The Morgan fingerprint density at radius 2 is 1.72 bits per heavy atom. The Bertz CT molecular complexity index is 919. The number of benzene rings is 2. The molecule has 0 saturated heterocycles. The maximum absolute atomic E-state index is 2.39. The maximum atomic E-state index is 2.39. The van der Waals surface area contributed by atoms with Crippen molar-refractivity contribution in [3.63, 3.8) is 0 Å². The Morgan fingerprint density at radius 1 is 0.960 bits per heavy atom. The van der Waals surface area contributed by atoms with E-state index >= 15 is 0 Å². The molecular formula is C24H30N+. The van der Waals surface area contributed by atoms with Gasteiger partial charge in [0.1, 0.15) is 7.05 Å².